The molecule has 1 atom stereocenters. The summed E-state index contributed by atoms with van der Waals surface area (Å²) < 4.78 is 4.96. The third-order valence-electron chi connectivity index (χ3n) is 2.09. The van der Waals surface area contributed by atoms with E-state index >= 15 is 0 Å². The zero-order valence-corrected chi connectivity index (χ0v) is 7.62. The van der Waals surface area contributed by atoms with Crippen molar-refractivity contribution in [2.75, 3.05) is 0 Å². The van der Waals surface area contributed by atoms with Gasteiger partial charge in [0, 0.05) is 11.6 Å². The van der Waals surface area contributed by atoms with Gasteiger partial charge in [-0.3, -0.25) is 0 Å². The first-order valence-electron chi connectivity index (χ1n) is 4.62. The Morgan fingerprint density at radius 2 is 2.33 bits per heavy atom. The molecule has 2 nitrogen and oxygen atoms in total. The topological polar surface area (TPSA) is 39.2 Å². The molecule has 1 rings (SSSR count). The van der Waals surface area contributed by atoms with E-state index in [2.05, 4.69) is 6.92 Å². The van der Waals surface area contributed by atoms with Gasteiger partial charge in [-0.1, -0.05) is 26.2 Å². The summed E-state index contributed by atoms with van der Waals surface area (Å²) in [5.41, 5.74) is 7.04. The van der Waals surface area contributed by atoms with E-state index in [1.807, 2.05) is 6.07 Å². The summed E-state index contributed by atoms with van der Waals surface area (Å²) in [6.07, 6.45) is 8.20. The molecular weight excluding hydrogens is 150 g/mol. The SMILES string of the molecule is CCCCC[C@@H](N)c1ccoc1. The molecule has 2 N–H and O–H groups in total. The number of unbranched alkanes of at least 4 members (excludes halogenated alkanes) is 2. The number of hydrogen-bond donors (Lipinski definition) is 1. The Hall–Kier alpha value is -0.760. The predicted octanol–water partition coefficient (Wildman–Crippen LogP) is 2.86. The highest BCUT2D eigenvalue weighted by Crippen LogP contribution is 2.17. The summed E-state index contributed by atoms with van der Waals surface area (Å²) in [5, 5.41) is 0. The molecule has 1 aromatic rings. The summed E-state index contributed by atoms with van der Waals surface area (Å²) in [6.45, 7) is 2.20. The molecule has 0 radical (unpaired) electrons. The molecule has 1 aromatic heterocycles. The van der Waals surface area contributed by atoms with E-state index in [0.717, 1.165) is 12.0 Å². The van der Waals surface area contributed by atoms with Crippen molar-refractivity contribution >= 4 is 0 Å². The van der Waals surface area contributed by atoms with Crippen LogP contribution in [0.15, 0.2) is 23.0 Å². The Bertz CT molecular complexity index is 194. The fraction of sp³-hybridized carbons (Fsp3) is 0.600. The first-order valence-corrected chi connectivity index (χ1v) is 4.62. The van der Waals surface area contributed by atoms with Gasteiger partial charge in [-0.05, 0) is 12.5 Å². The number of rotatable bonds is 5. The van der Waals surface area contributed by atoms with Crippen LogP contribution in [0.3, 0.4) is 0 Å². The Labute approximate surface area is 73.8 Å². The first-order chi connectivity index (χ1) is 5.84. The molecule has 0 saturated heterocycles. The van der Waals surface area contributed by atoms with Crippen molar-refractivity contribution in [1.82, 2.24) is 0 Å². The van der Waals surface area contributed by atoms with Crippen molar-refractivity contribution in [3.8, 4) is 0 Å². The van der Waals surface area contributed by atoms with Crippen LogP contribution in [-0.4, -0.2) is 0 Å². The lowest BCUT2D eigenvalue weighted by Crippen LogP contribution is -2.08. The third-order valence-corrected chi connectivity index (χ3v) is 2.09. The highest BCUT2D eigenvalue weighted by molar-refractivity contribution is 5.10. The van der Waals surface area contributed by atoms with Crippen LogP contribution in [0.25, 0.3) is 0 Å². The molecule has 0 unspecified atom stereocenters. The molecule has 68 valence electrons. The normalized spacial score (nSPS) is 13.2. The fourth-order valence-electron chi connectivity index (χ4n) is 1.27. The van der Waals surface area contributed by atoms with Crippen molar-refractivity contribution < 1.29 is 4.42 Å². The first kappa shape index (κ1) is 9.33. The van der Waals surface area contributed by atoms with E-state index in [1.54, 1.807) is 12.5 Å². The Morgan fingerprint density at radius 1 is 1.50 bits per heavy atom. The molecule has 0 fully saturated rings. The maximum Gasteiger partial charge on any atom is 0.0950 e. The second kappa shape index (κ2) is 4.99. The minimum absolute atomic E-state index is 0.162. The smallest absolute Gasteiger partial charge is 0.0950 e. The molecule has 12 heavy (non-hydrogen) atoms. The highest BCUT2D eigenvalue weighted by atomic mass is 16.3. The van der Waals surface area contributed by atoms with Crippen molar-refractivity contribution in [3.05, 3.63) is 24.2 Å². The largest absolute Gasteiger partial charge is 0.472 e. The average Bonchev–Trinajstić information content (AvgIpc) is 2.56. The van der Waals surface area contributed by atoms with Crippen LogP contribution < -0.4 is 5.73 Å². The summed E-state index contributed by atoms with van der Waals surface area (Å²) in [7, 11) is 0. The highest BCUT2D eigenvalue weighted by Gasteiger charge is 2.05. The van der Waals surface area contributed by atoms with E-state index in [1.165, 1.54) is 19.3 Å². The lowest BCUT2D eigenvalue weighted by molar-refractivity contribution is 0.544. The lowest BCUT2D eigenvalue weighted by Gasteiger charge is -2.07. The van der Waals surface area contributed by atoms with Crippen molar-refractivity contribution in [3.63, 3.8) is 0 Å². The average molecular weight is 167 g/mol. The predicted molar refractivity (Wildman–Crippen MR) is 49.8 cm³/mol. The summed E-state index contributed by atoms with van der Waals surface area (Å²) in [5.74, 6) is 0. The maximum atomic E-state index is 5.92. The standard InChI is InChI=1S/C10H17NO/c1-2-3-4-5-10(11)9-6-7-12-8-9/h6-8,10H,2-5,11H2,1H3/t10-/m1/s1. The zero-order chi connectivity index (χ0) is 8.81. The second-order valence-corrected chi connectivity index (χ2v) is 3.16. The number of hydrogen-bond acceptors (Lipinski definition) is 2. The minimum atomic E-state index is 0.162. The van der Waals surface area contributed by atoms with E-state index in [-0.39, 0.29) is 6.04 Å². The van der Waals surface area contributed by atoms with E-state index in [9.17, 15) is 0 Å². The van der Waals surface area contributed by atoms with Crippen LogP contribution >= 0.6 is 0 Å². The molecule has 0 aliphatic heterocycles. The van der Waals surface area contributed by atoms with Gasteiger partial charge in [0.1, 0.15) is 0 Å². The molecule has 2 heteroatoms. The number of furan rings is 1. The van der Waals surface area contributed by atoms with Crippen LogP contribution in [0.4, 0.5) is 0 Å². The quantitative estimate of drug-likeness (QED) is 0.685. The second-order valence-electron chi connectivity index (χ2n) is 3.16. The van der Waals surface area contributed by atoms with E-state index < -0.39 is 0 Å². The molecule has 0 saturated carbocycles. The summed E-state index contributed by atoms with van der Waals surface area (Å²) in [6, 6.07) is 2.10. The fourth-order valence-corrected chi connectivity index (χ4v) is 1.27. The number of nitrogens with two attached hydrogens (primary N) is 1. The van der Waals surface area contributed by atoms with Gasteiger partial charge in [0.15, 0.2) is 0 Å². The van der Waals surface area contributed by atoms with E-state index in [0.29, 0.717) is 0 Å². The van der Waals surface area contributed by atoms with E-state index in [4.69, 9.17) is 10.2 Å². The van der Waals surface area contributed by atoms with Crippen LogP contribution in [0.5, 0.6) is 0 Å². The Kier molecular flexibility index (Phi) is 3.88. The maximum absolute atomic E-state index is 5.92. The van der Waals surface area contributed by atoms with Crippen LogP contribution in [0, 0.1) is 0 Å². The molecule has 0 bridgehead atoms. The zero-order valence-electron chi connectivity index (χ0n) is 7.62. The minimum Gasteiger partial charge on any atom is -0.472 e. The van der Waals surface area contributed by atoms with Crippen LogP contribution in [0.2, 0.25) is 0 Å². The third kappa shape index (κ3) is 2.70. The van der Waals surface area contributed by atoms with Gasteiger partial charge < -0.3 is 10.2 Å². The molecule has 0 amide bonds. The van der Waals surface area contributed by atoms with Gasteiger partial charge >= 0.3 is 0 Å². The van der Waals surface area contributed by atoms with Gasteiger partial charge in [-0.15, -0.1) is 0 Å². The molecule has 0 aliphatic carbocycles. The van der Waals surface area contributed by atoms with Crippen molar-refractivity contribution in [1.29, 1.82) is 0 Å². The Balaban J connectivity index is 2.25. The monoisotopic (exact) mass is 167 g/mol. The van der Waals surface area contributed by atoms with Gasteiger partial charge in [0.2, 0.25) is 0 Å². The lowest BCUT2D eigenvalue weighted by atomic mass is 10.0. The van der Waals surface area contributed by atoms with Crippen LogP contribution in [-0.2, 0) is 0 Å². The van der Waals surface area contributed by atoms with Crippen molar-refractivity contribution in [2.24, 2.45) is 5.73 Å². The van der Waals surface area contributed by atoms with Crippen LogP contribution in [0.1, 0.15) is 44.2 Å². The van der Waals surface area contributed by atoms with Crippen molar-refractivity contribution in [2.45, 2.75) is 38.6 Å². The Morgan fingerprint density at radius 3 is 2.92 bits per heavy atom. The molecule has 0 aromatic carbocycles. The van der Waals surface area contributed by atoms with Gasteiger partial charge in [-0.25, -0.2) is 0 Å². The van der Waals surface area contributed by atoms with Gasteiger partial charge in [0.05, 0.1) is 12.5 Å². The summed E-state index contributed by atoms with van der Waals surface area (Å²) in [4.78, 5) is 0. The molecule has 0 aliphatic rings. The molecular formula is C10H17NO. The summed E-state index contributed by atoms with van der Waals surface area (Å²) >= 11 is 0. The molecule has 1 heterocycles. The van der Waals surface area contributed by atoms with Gasteiger partial charge in [0.25, 0.3) is 0 Å². The van der Waals surface area contributed by atoms with Gasteiger partial charge in [-0.2, -0.15) is 0 Å². The molecule has 0 spiro atoms.